The minimum atomic E-state index is 0.550. The van der Waals surface area contributed by atoms with Crippen LogP contribution in [-0.4, -0.2) is 9.97 Å². The van der Waals surface area contributed by atoms with Gasteiger partial charge in [-0.3, -0.25) is 0 Å². The van der Waals surface area contributed by atoms with Crippen LogP contribution in [-0.2, 0) is 6.42 Å². The van der Waals surface area contributed by atoms with Crippen molar-refractivity contribution < 1.29 is 0 Å². The maximum Gasteiger partial charge on any atom is 0.111 e. The molecule has 3 aromatic rings. The van der Waals surface area contributed by atoms with Crippen LogP contribution in [0.3, 0.4) is 0 Å². The van der Waals surface area contributed by atoms with E-state index in [0.717, 1.165) is 28.3 Å². The lowest BCUT2D eigenvalue weighted by Crippen LogP contribution is -1.92. The van der Waals surface area contributed by atoms with Crippen LogP contribution < -0.4 is 0 Å². The Morgan fingerprint density at radius 1 is 0.955 bits per heavy atom. The van der Waals surface area contributed by atoms with E-state index >= 15 is 0 Å². The molecule has 0 aliphatic rings. The van der Waals surface area contributed by atoms with Crippen LogP contribution >= 0.6 is 34.8 Å². The second-order valence-corrected chi connectivity index (χ2v) is 6.22. The summed E-state index contributed by atoms with van der Waals surface area (Å²) in [5.41, 5.74) is 3.69. The van der Waals surface area contributed by atoms with Crippen LogP contribution in [0.1, 0.15) is 17.1 Å². The monoisotopic (exact) mass is 350 g/mol. The van der Waals surface area contributed by atoms with E-state index in [-0.39, 0.29) is 0 Å². The largest absolute Gasteiger partial charge is 0.345 e. The topological polar surface area (TPSA) is 28.7 Å². The third-order valence-electron chi connectivity index (χ3n) is 3.45. The van der Waals surface area contributed by atoms with Gasteiger partial charge in [0.05, 0.1) is 20.8 Å². The van der Waals surface area contributed by atoms with Crippen molar-refractivity contribution in [3.05, 3.63) is 74.6 Å². The van der Waals surface area contributed by atoms with E-state index in [1.165, 1.54) is 0 Å². The standard InChI is InChI=1S/C17H13Cl3N2/c1-10-17(12-6-2-3-7-13(12)18)22-15(21-10)9-11-5-4-8-14(19)16(11)20/h2-8H,9H2,1H3,(H,21,22). The summed E-state index contributed by atoms with van der Waals surface area (Å²) >= 11 is 18.5. The first kappa shape index (κ1) is 15.4. The van der Waals surface area contributed by atoms with E-state index in [1.807, 2.05) is 43.3 Å². The number of imidazole rings is 1. The molecule has 0 aliphatic carbocycles. The molecular formula is C17H13Cl3N2. The Kier molecular flexibility index (Phi) is 4.44. The molecule has 1 heterocycles. The molecule has 0 spiro atoms. The van der Waals surface area contributed by atoms with Gasteiger partial charge in [0.25, 0.3) is 0 Å². The molecule has 22 heavy (non-hydrogen) atoms. The summed E-state index contributed by atoms with van der Waals surface area (Å²) in [7, 11) is 0. The van der Waals surface area contributed by atoms with Crippen molar-refractivity contribution in [1.82, 2.24) is 9.97 Å². The van der Waals surface area contributed by atoms with Gasteiger partial charge in [0, 0.05) is 17.7 Å². The SMILES string of the molecule is Cc1[nH]c(Cc2cccc(Cl)c2Cl)nc1-c1ccccc1Cl. The van der Waals surface area contributed by atoms with E-state index in [2.05, 4.69) is 9.97 Å². The maximum atomic E-state index is 6.25. The van der Waals surface area contributed by atoms with E-state index in [0.29, 0.717) is 21.5 Å². The highest BCUT2D eigenvalue weighted by atomic mass is 35.5. The quantitative estimate of drug-likeness (QED) is 0.622. The number of aromatic nitrogens is 2. The average Bonchev–Trinajstić information content (AvgIpc) is 2.85. The molecule has 2 nitrogen and oxygen atoms in total. The summed E-state index contributed by atoms with van der Waals surface area (Å²) in [6, 6.07) is 13.3. The zero-order valence-corrected chi connectivity index (χ0v) is 14.1. The fourth-order valence-corrected chi connectivity index (χ4v) is 3.00. The molecule has 0 radical (unpaired) electrons. The van der Waals surface area contributed by atoms with Gasteiger partial charge in [-0.1, -0.05) is 65.1 Å². The Morgan fingerprint density at radius 3 is 2.45 bits per heavy atom. The van der Waals surface area contributed by atoms with E-state index in [1.54, 1.807) is 6.07 Å². The van der Waals surface area contributed by atoms with Gasteiger partial charge in [-0.2, -0.15) is 0 Å². The molecule has 5 heteroatoms. The van der Waals surface area contributed by atoms with Crippen molar-refractivity contribution in [3.8, 4) is 11.3 Å². The van der Waals surface area contributed by atoms with Crippen molar-refractivity contribution >= 4 is 34.8 Å². The molecule has 0 bridgehead atoms. The summed E-state index contributed by atoms with van der Waals surface area (Å²) in [5, 5.41) is 1.80. The molecule has 0 fully saturated rings. The molecule has 112 valence electrons. The number of aryl methyl sites for hydroxylation is 1. The Balaban J connectivity index is 1.96. The molecule has 0 atom stereocenters. The van der Waals surface area contributed by atoms with Crippen molar-refractivity contribution in [1.29, 1.82) is 0 Å². The third-order valence-corrected chi connectivity index (χ3v) is 4.64. The van der Waals surface area contributed by atoms with Crippen LogP contribution in [0.4, 0.5) is 0 Å². The molecular weight excluding hydrogens is 339 g/mol. The second kappa shape index (κ2) is 6.33. The van der Waals surface area contributed by atoms with Crippen LogP contribution in [0.2, 0.25) is 15.1 Å². The van der Waals surface area contributed by atoms with Gasteiger partial charge >= 0.3 is 0 Å². The smallest absolute Gasteiger partial charge is 0.111 e. The van der Waals surface area contributed by atoms with Crippen LogP contribution in [0.15, 0.2) is 42.5 Å². The first-order chi connectivity index (χ1) is 10.6. The second-order valence-electron chi connectivity index (χ2n) is 5.03. The number of halogens is 3. The minimum Gasteiger partial charge on any atom is -0.345 e. The number of aromatic amines is 1. The molecule has 0 saturated heterocycles. The van der Waals surface area contributed by atoms with Gasteiger partial charge in [-0.15, -0.1) is 0 Å². The lowest BCUT2D eigenvalue weighted by Gasteiger charge is -2.03. The highest BCUT2D eigenvalue weighted by molar-refractivity contribution is 6.42. The van der Waals surface area contributed by atoms with Gasteiger partial charge in [0.15, 0.2) is 0 Å². The number of benzene rings is 2. The lowest BCUT2D eigenvalue weighted by molar-refractivity contribution is 1.02. The molecule has 3 rings (SSSR count). The Labute approximate surface area is 144 Å². The normalized spacial score (nSPS) is 10.9. The van der Waals surface area contributed by atoms with Gasteiger partial charge < -0.3 is 4.98 Å². The third kappa shape index (κ3) is 3.00. The van der Waals surface area contributed by atoms with Crippen molar-refractivity contribution in [2.45, 2.75) is 13.3 Å². The zero-order chi connectivity index (χ0) is 15.7. The van der Waals surface area contributed by atoms with Crippen molar-refractivity contribution in [3.63, 3.8) is 0 Å². The van der Waals surface area contributed by atoms with Gasteiger partial charge in [-0.05, 0) is 24.6 Å². The van der Waals surface area contributed by atoms with E-state index in [4.69, 9.17) is 34.8 Å². The summed E-state index contributed by atoms with van der Waals surface area (Å²) < 4.78 is 0. The number of nitrogens with one attached hydrogen (secondary N) is 1. The molecule has 1 N–H and O–H groups in total. The first-order valence-electron chi connectivity index (χ1n) is 6.79. The predicted octanol–water partition coefficient (Wildman–Crippen LogP) is 5.94. The molecule has 2 aromatic carbocycles. The zero-order valence-electron chi connectivity index (χ0n) is 11.8. The minimum absolute atomic E-state index is 0.550. The Hall–Kier alpha value is -1.48. The number of H-pyrrole nitrogens is 1. The Morgan fingerprint density at radius 2 is 1.68 bits per heavy atom. The maximum absolute atomic E-state index is 6.25. The number of hydrogen-bond donors (Lipinski definition) is 1. The number of rotatable bonds is 3. The highest BCUT2D eigenvalue weighted by Crippen LogP contribution is 2.30. The lowest BCUT2D eigenvalue weighted by atomic mass is 10.1. The van der Waals surface area contributed by atoms with E-state index < -0.39 is 0 Å². The van der Waals surface area contributed by atoms with Crippen LogP contribution in [0.5, 0.6) is 0 Å². The van der Waals surface area contributed by atoms with Crippen molar-refractivity contribution in [2.24, 2.45) is 0 Å². The molecule has 0 amide bonds. The highest BCUT2D eigenvalue weighted by Gasteiger charge is 2.13. The van der Waals surface area contributed by atoms with Crippen molar-refractivity contribution in [2.75, 3.05) is 0 Å². The molecule has 0 aliphatic heterocycles. The fourth-order valence-electron chi connectivity index (χ4n) is 2.39. The van der Waals surface area contributed by atoms with Crippen LogP contribution in [0.25, 0.3) is 11.3 Å². The average molecular weight is 352 g/mol. The van der Waals surface area contributed by atoms with Gasteiger partial charge in [0.1, 0.15) is 5.82 Å². The van der Waals surface area contributed by atoms with Crippen LogP contribution in [0, 0.1) is 6.92 Å². The summed E-state index contributed by atoms with van der Waals surface area (Å²) in [6.45, 7) is 1.98. The Bertz CT molecular complexity index is 825. The fraction of sp³-hybridized carbons (Fsp3) is 0.118. The summed E-state index contributed by atoms with van der Waals surface area (Å²) in [6.07, 6.45) is 0.588. The van der Waals surface area contributed by atoms with Gasteiger partial charge in [0.2, 0.25) is 0 Å². The molecule has 0 unspecified atom stereocenters. The van der Waals surface area contributed by atoms with E-state index in [9.17, 15) is 0 Å². The number of hydrogen-bond acceptors (Lipinski definition) is 1. The first-order valence-corrected chi connectivity index (χ1v) is 7.93. The molecule has 1 aromatic heterocycles. The van der Waals surface area contributed by atoms with Gasteiger partial charge in [-0.25, -0.2) is 4.98 Å². The predicted molar refractivity (Wildman–Crippen MR) is 93.0 cm³/mol. The number of nitrogens with zero attached hydrogens (tertiary/aromatic N) is 1. The molecule has 0 saturated carbocycles. The summed E-state index contributed by atoms with van der Waals surface area (Å²) in [4.78, 5) is 7.96. The summed E-state index contributed by atoms with van der Waals surface area (Å²) in [5.74, 6) is 0.830.